The third kappa shape index (κ3) is 4.64. The first-order chi connectivity index (χ1) is 23.0. The minimum atomic E-state index is -1.32. The molecule has 5 aliphatic carbocycles. The predicted molar refractivity (Wildman–Crippen MR) is 182 cm³/mol. The summed E-state index contributed by atoms with van der Waals surface area (Å²) in [6, 6.07) is 3.60. The van der Waals surface area contributed by atoms with Crippen molar-refractivity contribution in [1.82, 2.24) is 9.88 Å². The molecule has 1 amide bonds. The van der Waals surface area contributed by atoms with E-state index < -0.39 is 29.5 Å². The molecule has 2 saturated heterocycles. The molecule has 9 heteroatoms. The molecule has 269 valence electrons. The Morgan fingerprint density at radius 3 is 2.65 bits per heavy atom. The highest BCUT2D eigenvalue weighted by molar-refractivity contribution is 5.93. The summed E-state index contributed by atoms with van der Waals surface area (Å²) >= 11 is 0. The maximum atomic E-state index is 13.2. The van der Waals surface area contributed by atoms with Crippen LogP contribution in [0, 0.1) is 63.0 Å². The van der Waals surface area contributed by atoms with Crippen molar-refractivity contribution in [2.24, 2.45) is 44.8 Å². The summed E-state index contributed by atoms with van der Waals surface area (Å²) in [6.07, 6.45) is 10.3. The van der Waals surface area contributed by atoms with Crippen molar-refractivity contribution in [3.05, 3.63) is 48.2 Å². The van der Waals surface area contributed by atoms with Crippen molar-refractivity contribution in [2.45, 2.75) is 130 Å². The summed E-state index contributed by atoms with van der Waals surface area (Å²) in [6.45, 7) is 16.4. The van der Waals surface area contributed by atoms with E-state index in [0.29, 0.717) is 49.8 Å². The van der Waals surface area contributed by atoms with Crippen LogP contribution in [0.3, 0.4) is 0 Å². The zero-order chi connectivity index (χ0) is 34.9. The SMILES string of the molecule is C[C@@H]1C[C]([C@H](O)C(C)(C)O)O[C]2[C@H]1[C@@]1(C)CC[C@@]34C[C@@]35CCC(O[C@H]3CN(C(=O)c6cccnc6)CCO3)C(C)(C)[C@@H]5CC[C]4[C@]1(C)[C@H]2O. The van der Waals surface area contributed by atoms with Gasteiger partial charge in [-0.05, 0) is 117 Å². The number of aromatic nitrogens is 1. The van der Waals surface area contributed by atoms with Gasteiger partial charge < -0.3 is 34.4 Å². The van der Waals surface area contributed by atoms with Gasteiger partial charge in [-0.25, -0.2) is 0 Å². The monoisotopic (exact) mass is 677 g/mol. The van der Waals surface area contributed by atoms with E-state index in [-0.39, 0.29) is 45.5 Å². The summed E-state index contributed by atoms with van der Waals surface area (Å²) in [4.78, 5) is 19.2. The minimum Gasteiger partial charge on any atom is -0.389 e. The van der Waals surface area contributed by atoms with Crippen molar-refractivity contribution in [1.29, 1.82) is 0 Å². The Kier molecular flexibility index (Phi) is 7.87. The molecule has 3 N–H and O–H groups in total. The first kappa shape index (κ1) is 34.5. The fraction of sp³-hybridized carbons (Fsp3) is 0.775. The Hall–Kier alpha value is -1.62. The summed E-state index contributed by atoms with van der Waals surface area (Å²) in [5.74, 6) is 2.32. The van der Waals surface area contributed by atoms with Gasteiger partial charge in [-0.2, -0.15) is 0 Å². The van der Waals surface area contributed by atoms with Crippen LogP contribution in [0.25, 0.3) is 0 Å². The van der Waals surface area contributed by atoms with E-state index >= 15 is 0 Å². The molecule has 8 rings (SSSR count). The molecule has 0 aromatic carbocycles. The molecular formula is C40H57N2O7. The lowest BCUT2D eigenvalue weighted by Gasteiger charge is -2.63. The predicted octanol–water partition coefficient (Wildman–Crippen LogP) is 5.50. The van der Waals surface area contributed by atoms with Crippen LogP contribution in [0.2, 0.25) is 0 Å². The van der Waals surface area contributed by atoms with E-state index in [1.807, 2.05) is 4.90 Å². The van der Waals surface area contributed by atoms with E-state index in [1.54, 1.807) is 44.3 Å². The van der Waals surface area contributed by atoms with Gasteiger partial charge in [0, 0.05) is 30.3 Å². The molecule has 9 nitrogen and oxygen atoms in total. The number of hydrogen-bond acceptors (Lipinski definition) is 8. The van der Waals surface area contributed by atoms with Crippen molar-refractivity contribution >= 4 is 5.91 Å². The normalized spacial score (nSPS) is 45.8. The second kappa shape index (κ2) is 11.2. The zero-order valence-corrected chi connectivity index (χ0v) is 30.5. The molecule has 5 saturated carbocycles. The number of carbonyl (C=O) groups excluding carboxylic acids is 1. The van der Waals surface area contributed by atoms with Crippen molar-refractivity contribution in [3.63, 3.8) is 0 Å². The Morgan fingerprint density at radius 2 is 1.94 bits per heavy atom. The van der Waals surface area contributed by atoms with Crippen LogP contribution in [0.5, 0.6) is 0 Å². The number of nitrogens with zero attached hydrogens (tertiary/aromatic N) is 2. The number of aliphatic hydroxyl groups is 3. The van der Waals surface area contributed by atoms with E-state index in [2.05, 4.69) is 39.6 Å². The number of carbonyl (C=O) groups is 1. The molecule has 2 spiro atoms. The Balaban J connectivity index is 1.00. The van der Waals surface area contributed by atoms with Gasteiger partial charge in [-0.1, -0.05) is 34.6 Å². The van der Waals surface area contributed by atoms with E-state index in [1.165, 1.54) is 6.42 Å². The molecule has 1 unspecified atom stereocenters. The fourth-order valence-corrected chi connectivity index (χ4v) is 13.0. The number of aliphatic hydroxyl groups excluding tert-OH is 2. The third-order valence-corrected chi connectivity index (χ3v) is 15.5. The Bertz CT molecular complexity index is 1450. The maximum Gasteiger partial charge on any atom is 0.255 e. The number of pyridine rings is 1. The van der Waals surface area contributed by atoms with E-state index in [9.17, 15) is 20.1 Å². The highest BCUT2D eigenvalue weighted by Gasteiger charge is 2.85. The van der Waals surface area contributed by atoms with Gasteiger partial charge in [-0.15, -0.1) is 0 Å². The standard InChI is InChI=1S/C40H57N2O7/c1-23-19-25(32(43)36(4,5)46)48-31-30(23)37(6)14-15-40-22-39(40)13-12-28(35(2,3)26(39)10-11-27(40)38(37,7)33(31)44)49-29-21-42(17-18-47-29)34(45)24-9-8-16-41-20-24/h8-9,16,20,23,26,28-30,32-33,43-44,46H,10-15,17-19,21-22H2,1-7H3/t23-,26+,28?,29+,30+,32+,33+,37-,38-,39-,40+/m1/s1. The minimum absolute atomic E-state index is 0.0330. The summed E-state index contributed by atoms with van der Waals surface area (Å²) in [5, 5.41) is 34.0. The van der Waals surface area contributed by atoms with Gasteiger partial charge in [0.1, 0.15) is 18.3 Å². The number of ether oxygens (including phenoxy) is 3. The van der Waals surface area contributed by atoms with Crippen molar-refractivity contribution in [3.8, 4) is 0 Å². The largest absolute Gasteiger partial charge is 0.389 e. The third-order valence-electron chi connectivity index (χ3n) is 15.5. The smallest absolute Gasteiger partial charge is 0.255 e. The molecule has 0 bridgehead atoms. The molecule has 1 aromatic rings. The molecular weight excluding hydrogens is 620 g/mol. The van der Waals surface area contributed by atoms with Crippen LogP contribution < -0.4 is 0 Å². The second-order valence-corrected chi connectivity index (χ2v) is 18.5. The van der Waals surface area contributed by atoms with Crippen molar-refractivity contribution < 1.29 is 34.3 Å². The fourth-order valence-electron chi connectivity index (χ4n) is 13.0. The molecule has 49 heavy (non-hydrogen) atoms. The topological polar surface area (TPSA) is 122 Å². The molecule has 7 aliphatic rings. The van der Waals surface area contributed by atoms with Crippen LogP contribution in [-0.2, 0) is 14.2 Å². The van der Waals surface area contributed by atoms with Crippen LogP contribution >= 0.6 is 0 Å². The Labute approximate surface area is 292 Å². The van der Waals surface area contributed by atoms with Gasteiger partial charge in [0.05, 0.1) is 36.5 Å². The van der Waals surface area contributed by atoms with Gasteiger partial charge in [0.2, 0.25) is 0 Å². The number of amides is 1. The van der Waals surface area contributed by atoms with E-state index in [0.717, 1.165) is 38.5 Å². The van der Waals surface area contributed by atoms with Gasteiger partial charge in [-0.3, -0.25) is 9.78 Å². The van der Waals surface area contributed by atoms with Gasteiger partial charge in [0.15, 0.2) is 6.29 Å². The summed E-state index contributed by atoms with van der Waals surface area (Å²) in [7, 11) is 0. The maximum absolute atomic E-state index is 13.2. The first-order valence-corrected chi connectivity index (χ1v) is 18.8. The van der Waals surface area contributed by atoms with Gasteiger partial charge in [0.25, 0.3) is 5.91 Å². The van der Waals surface area contributed by atoms with Crippen LogP contribution in [-0.4, -0.2) is 81.0 Å². The van der Waals surface area contributed by atoms with E-state index in [4.69, 9.17) is 14.2 Å². The van der Waals surface area contributed by atoms with Crippen LogP contribution in [0.4, 0.5) is 0 Å². The van der Waals surface area contributed by atoms with Gasteiger partial charge >= 0.3 is 0 Å². The molecule has 2 aliphatic heterocycles. The highest BCUT2D eigenvalue weighted by atomic mass is 16.7. The lowest BCUT2D eigenvalue weighted by atomic mass is 9.41. The number of rotatable bonds is 5. The van der Waals surface area contributed by atoms with Crippen molar-refractivity contribution in [2.75, 3.05) is 19.7 Å². The second-order valence-electron chi connectivity index (χ2n) is 18.5. The lowest BCUT2D eigenvalue weighted by Crippen LogP contribution is -2.59. The first-order valence-electron chi connectivity index (χ1n) is 18.8. The Morgan fingerprint density at radius 1 is 1.16 bits per heavy atom. The summed E-state index contributed by atoms with van der Waals surface area (Å²) in [5.41, 5.74) is -1.03. The average Bonchev–Trinajstić information content (AvgIpc) is 3.70. The molecule has 3 radical (unpaired) electrons. The molecule has 7 fully saturated rings. The lowest BCUT2D eigenvalue weighted by molar-refractivity contribution is -0.239. The average molecular weight is 678 g/mol. The number of fused-ring (bicyclic) bond motifs is 4. The number of morpholine rings is 1. The zero-order valence-electron chi connectivity index (χ0n) is 30.5. The van der Waals surface area contributed by atoms with Crippen LogP contribution in [0.1, 0.15) is 110 Å². The quantitative estimate of drug-likeness (QED) is 0.374. The molecule has 1 aromatic heterocycles. The summed E-state index contributed by atoms with van der Waals surface area (Å²) < 4.78 is 19.4. The molecule has 11 atom stereocenters. The molecule has 3 heterocycles. The van der Waals surface area contributed by atoms with Crippen LogP contribution in [0.15, 0.2) is 24.5 Å². The highest BCUT2D eigenvalue weighted by Crippen LogP contribution is 2.90. The number of hydrogen-bond donors (Lipinski definition) is 3.